The van der Waals surface area contributed by atoms with Gasteiger partial charge in [0.1, 0.15) is 18.2 Å². The van der Waals surface area contributed by atoms with Crippen molar-refractivity contribution in [2.24, 2.45) is 16.8 Å². The molecular formula is C40H35N3. The molecule has 2 N–H and O–H groups in total. The fourth-order valence-electron chi connectivity index (χ4n) is 7.81. The summed E-state index contributed by atoms with van der Waals surface area (Å²) in [6.45, 7) is 0. The van der Waals surface area contributed by atoms with Crippen LogP contribution in [0.3, 0.4) is 0 Å². The van der Waals surface area contributed by atoms with Crippen LogP contribution in [0.15, 0.2) is 163 Å². The number of benzene rings is 4. The van der Waals surface area contributed by atoms with Crippen LogP contribution in [0.1, 0.15) is 58.1 Å². The summed E-state index contributed by atoms with van der Waals surface area (Å²) in [5.41, 5.74) is 7.64. The first-order chi connectivity index (χ1) is 21.3. The minimum atomic E-state index is -0.304. The number of allylic oxidation sites excluding steroid dienone is 7. The molecule has 8 rings (SSSR count). The normalized spacial score (nSPS) is 26.3. The Morgan fingerprint density at radius 3 is 2.02 bits per heavy atom. The molecule has 0 saturated heterocycles. The second kappa shape index (κ2) is 10.8. The van der Waals surface area contributed by atoms with E-state index in [1.807, 2.05) is 0 Å². The molecule has 0 fully saturated rings. The van der Waals surface area contributed by atoms with Crippen LogP contribution in [-0.4, -0.2) is 5.84 Å². The monoisotopic (exact) mass is 557 g/mol. The van der Waals surface area contributed by atoms with Crippen molar-refractivity contribution in [3.05, 3.63) is 191 Å². The number of aliphatic imine (C=N–C) groups is 1. The minimum absolute atomic E-state index is 0.0886. The molecule has 0 radical (unpaired) electrons. The molecule has 0 aromatic heterocycles. The summed E-state index contributed by atoms with van der Waals surface area (Å²) in [4.78, 5) is 5.23. The summed E-state index contributed by atoms with van der Waals surface area (Å²) in [7, 11) is 0. The van der Waals surface area contributed by atoms with E-state index in [1.165, 1.54) is 33.4 Å². The Balaban J connectivity index is 1.32. The average Bonchev–Trinajstić information content (AvgIpc) is 3.41. The van der Waals surface area contributed by atoms with E-state index in [4.69, 9.17) is 4.99 Å². The van der Waals surface area contributed by atoms with Gasteiger partial charge in [0.15, 0.2) is 0 Å². The first-order valence-electron chi connectivity index (χ1n) is 15.4. The predicted molar refractivity (Wildman–Crippen MR) is 176 cm³/mol. The fourth-order valence-corrected chi connectivity index (χ4v) is 7.81. The maximum absolute atomic E-state index is 5.23. The molecule has 43 heavy (non-hydrogen) atoms. The summed E-state index contributed by atoms with van der Waals surface area (Å²) < 4.78 is 0. The van der Waals surface area contributed by atoms with E-state index < -0.39 is 0 Å². The lowest BCUT2D eigenvalue weighted by Crippen LogP contribution is -2.47. The van der Waals surface area contributed by atoms with Crippen molar-refractivity contribution in [1.29, 1.82) is 0 Å². The van der Waals surface area contributed by atoms with Gasteiger partial charge in [0.2, 0.25) is 0 Å². The van der Waals surface area contributed by atoms with Crippen molar-refractivity contribution in [2.75, 3.05) is 0 Å². The molecule has 0 amide bonds. The van der Waals surface area contributed by atoms with Crippen molar-refractivity contribution >= 4 is 5.84 Å². The number of hydrogen-bond donors (Lipinski definition) is 2. The molecule has 3 heteroatoms. The van der Waals surface area contributed by atoms with Crippen LogP contribution < -0.4 is 10.6 Å². The second-order valence-electron chi connectivity index (χ2n) is 11.9. The van der Waals surface area contributed by atoms with Crippen LogP contribution in [0, 0.1) is 11.8 Å². The molecule has 3 nitrogen and oxygen atoms in total. The first kappa shape index (κ1) is 25.9. The molecule has 0 saturated carbocycles. The van der Waals surface area contributed by atoms with Gasteiger partial charge in [0, 0.05) is 17.8 Å². The fraction of sp³-hybridized carbons (Fsp3) is 0.175. The Kier molecular flexibility index (Phi) is 6.54. The van der Waals surface area contributed by atoms with E-state index in [9.17, 15) is 0 Å². The third-order valence-corrected chi connectivity index (χ3v) is 9.63. The van der Waals surface area contributed by atoms with Crippen molar-refractivity contribution < 1.29 is 0 Å². The zero-order valence-electron chi connectivity index (χ0n) is 24.1. The number of nitrogens with one attached hydrogen (secondary N) is 2. The van der Waals surface area contributed by atoms with Gasteiger partial charge in [-0.25, -0.2) is 4.99 Å². The van der Waals surface area contributed by atoms with Crippen molar-refractivity contribution in [3.8, 4) is 0 Å². The SMILES string of the molecule is C1=CCC(C2=NC(c3ccccc3)NC(c3cccc4c3C3C=CC=CC3C4(c3ccccc3)c3ccccc3)N2)C=C1. The third-order valence-electron chi connectivity index (χ3n) is 9.63. The summed E-state index contributed by atoms with van der Waals surface area (Å²) in [5.74, 6) is 1.78. The lowest BCUT2D eigenvalue weighted by Gasteiger charge is -2.38. The highest BCUT2D eigenvalue weighted by Crippen LogP contribution is 2.60. The molecular weight excluding hydrogens is 522 g/mol. The van der Waals surface area contributed by atoms with Gasteiger partial charge in [-0.05, 0) is 39.8 Å². The molecule has 5 unspecified atom stereocenters. The maximum Gasteiger partial charge on any atom is 0.129 e. The molecule has 4 aliphatic rings. The molecule has 4 aromatic rings. The van der Waals surface area contributed by atoms with E-state index in [2.05, 4.69) is 168 Å². The number of nitrogens with zero attached hydrogens (tertiary/aromatic N) is 1. The maximum atomic E-state index is 5.23. The molecule has 4 aromatic carbocycles. The Morgan fingerprint density at radius 2 is 1.33 bits per heavy atom. The molecule has 1 aliphatic heterocycles. The van der Waals surface area contributed by atoms with Gasteiger partial charge in [0.05, 0.1) is 5.41 Å². The minimum Gasteiger partial charge on any atom is -0.354 e. The van der Waals surface area contributed by atoms with Gasteiger partial charge in [-0.15, -0.1) is 0 Å². The van der Waals surface area contributed by atoms with Crippen LogP contribution >= 0.6 is 0 Å². The van der Waals surface area contributed by atoms with Crippen LogP contribution in [0.25, 0.3) is 0 Å². The third kappa shape index (κ3) is 4.26. The standard InChI is InChI=1S/C40H35N3/c1-5-16-28(17-6-1)37-41-38(29-18-7-2-8-19-29)43-39(42-37)33-25-15-27-35-36(33)32-24-13-14-26-34(32)40(35,30-20-9-3-10-21-30)31-22-11-4-12-23-31/h1-18,20-27,29,32,34,37,39,42H,19H2,(H,41,43). The molecule has 1 heterocycles. The van der Waals surface area contributed by atoms with E-state index in [0.717, 1.165) is 12.3 Å². The van der Waals surface area contributed by atoms with Gasteiger partial charge in [-0.1, -0.05) is 158 Å². The van der Waals surface area contributed by atoms with Gasteiger partial charge in [-0.3, -0.25) is 5.32 Å². The highest BCUT2D eigenvalue weighted by molar-refractivity contribution is 5.88. The molecule has 0 spiro atoms. The Morgan fingerprint density at radius 1 is 0.651 bits per heavy atom. The van der Waals surface area contributed by atoms with Gasteiger partial charge in [0.25, 0.3) is 0 Å². The summed E-state index contributed by atoms with van der Waals surface area (Å²) in [6, 6.07) is 39.8. The highest BCUT2D eigenvalue weighted by Gasteiger charge is 2.54. The van der Waals surface area contributed by atoms with Gasteiger partial charge in [-0.2, -0.15) is 0 Å². The zero-order valence-corrected chi connectivity index (χ0v) is 24.1. The topological polar surface area (TPSA) is 36.4 Å². The highest BCUT2D eigenvalue weighted by atomic mass is 15.3. The van der Waals surface area contributed by atoms with Crippen LogP contribution in [0.5, 0.6) is 0 Å². The summed E-state index contributed by atoms with van der Waals surface area (Å²) in [6.07, 6.45) is 18.8. The second-order valence-corrected chi connectivity index (χ2v) is 11.9. The number of hydrogen-bond acceptors (Lipinski definition) is 3. The number of amidine groups is 1. The van der Waals surface area contributed by atoms with E-state index in [-0.39, 0.29) is 35.5 Å². The molecule has 210 valence electrons. The quantitative estimate of drug-likeness (QED) is 0.259. The summed E-state index contributed by atoms with van der Waals surface area (Å²) >= 11 is 0. The number of rotatable bonds is 5. The lowest BCUT2D eigenvalue weighted by molar-refractivity contribution is 0.396. The Bertz CT molecular complexity index is 1730. The van der Waals surface area contributed by atoms with E-state index in [0.29, 0.717) is 0 Å². The Labute approximate surface area is 254 Å². The smallest absolute Gasteiger partial charge is 0.129 e. The van der Waals surface area contributed by atoms with Gasteiger partial charge >= 0.3 is 0 Å². The average molecular weight is 558 g/mol. The predicted octanol–water partition coefficient (Wildman–Crippen LogP) is 8.28. The first-order valence-corrected chi connectivity index (χ1v) is 15.4. The van der Waals surface area contributed by atoms with Crippen LogP contribution in [-0.2, 0) is 5.41 Å². The number of fused-ring (bicyclic) bond motifs is 3. The Hall–Kier alpha value is -4.73. The van der Waals surface area contributed by atoms with Crippen molar-refractivity contribution in [1.82, 2.24) is 10.6 Å². The summed E-state index contributed by atoms with van der Waals surface area (Å²) in [5, 5.41) is 7.79. The molecule has 3 aliphatic carbocycles. The van der Waals surface area contributed by atoms with E-state index >= 15 is 0 Å². The van der Waals surface area contributed by atoms with Crippen LogP contribution in [0.4, 0.5) is 0 Å². The lowest BCUT2D eigenvalue weighted by atomic mass is 9.63. The zero-order chi connectivity index (χ0) is 28.6. The van der Waals surface area contributed by atoms with Crippen molar-refractivity contribution in [2.45, 2.75) is 30.1 Å². The molecule has 0 bridgehead atoms. The van der Waals surface area contributed by atoms with Crippen LogP contribution in [0.2, 0.25) is 0 Å². The largest absolute Gasteiger partial charge is 0.354 e. The van der Waals surface area contributed by atoms with E-state index in [1.54, 1.807) is 0 Å². The molecule has 5 atom stereocenters. The van der Waals surface area contributed by atoms with Gasteiger partial charge < -0.3 is 5.32 Å². The van der Waals surface area contributed by atoms with Crippen molar-refractivity contribution in [3.63, 3.8) is 0 Å².